The van der Waals surface area contributed by atoms with Gasteiger partial charge in [-0.3, -0.25) is 0 Å². The van der Waals surface area contributed by atoms with Crippen molar-refractivity contribution in [2.24, 2.45) is 5.73 Å². The normalized spacial score (nSPS) is 42.8. The SMILES string of the molecule is N[C@@H]1COCC[C@H]1NC1CCC(O)CC1. The fraction of sp³-hybridized carbons (Fsp3) is 1.00. The lowest BCUT2D eigenvalue weighted by Gasteiger charge is -2.35. The zero-order valence-corrected chi connectivity index (χ0v) is 9.19. The average molecular weight is 214 g/mol. The number of rotatable bonds is 2. The predicted octanol–water partition coefficient (Wildman–Crippen LogP) is -0.00430. The van der Waals surface area contributed by atoms with Gasteiger partial charge in [0.1, 0.15) is 0 Å². The van der Waals surface area contributed by atoms with Gasteiger partial charge in [-0.25, -0.2) is 0 Å². The van der Waals surface area contributed by atoms with Crippen molar-refractivity contribution in [1.29, 1.82) is 0 Å². The van der Waals surface area contributed by atoms with E-state index in [4.69, 9.17) is 10.5 Å². The van der Waals surface area contributed by atoms with Gasteiger partial charge in [0, 0.05) is 24.7 Å². The highest BCUT2D eigenvalue weighted by Gasteiger charge is 2.26. The lowest BCUT2D eigenvalue weighted by molar-refractivity contribution is 0.0522. The molecule has 88 valence electrons. The van der Waals surface area contributed by atoms with Crippen LogP contribution in [0.25, 0.3) is 0 Å². The van der Waals surface area contributed by atoms with Crippen molar-refractivity contribution in [1.82, 2.24) is 5.32 Å². The summed E-state index contributed by atoms with van der Waals surface area (Å²) in [4.78, 5) is 0. The molecule has 4 heteroatoms. The van der Waals surface area contributed by atoms with Gasteiger partial charge in [0.2, 0.25) is 0 Å². The molecule has 0 unspecified atom stereocenters. The fourth-order valence-corrected chi connectivity index (χ4v) is 2.51. The molecule has 4 nitrogen and oxygen atoms in total. The molecule has 1 saturated carbocycles. The maximum atomic E-state index is 9.41. The average Bonchev–Trinajstić information content (AvgIpc) is 2.25. The Kier molecular flexibility index (Phi) is 3.97. The van der Waals surface area contributed by atoms with Crippen LogP contribution in [0.15, 0.2) is 0 Å². The molecule has 1 aliphatic carbocycles. The second kappa shape index (κ2) is 5.25. The zero-order chi connectivity index (χ0) is 10.7. The number of nitrogens with two attached hydrogens (primary N) is 1. The minimum absolute atomic E-state index is 0.0774. The van der Waals surface area contributed by atoms with Gasteiger partial charge in [-0.1, -0.05) is 0 Å². The van der Waals surface area contributed by atoms with Crippen molar-refractivity contribution in [2.75, 3.05) is 13.2 Å². The summed E-state index contributed by atoms with van der Waals surface area (Å²) < 4.78 is 5.31. The van der Waals surface area contributed by atoms with Crippen LogP contribution in [0.2, 0.25) is 0 Å². The molecule has 2 rings (SSSR count). The van der Waals surface area contributed by atoms with Crippen molar-refractivity contribution in [3.8, 4) is 0 Å². The summed E-state index contributed by atoms with van der Waals surface area (Å²) in [6, 6.07) is 1.08. The molecule has 0 radical (unpaired) electrons. The quantitative estimate of drug-likeness (QED) is 0.605. The number of nitrogens with one attached hydrogen (secondary N) is 1. The molecular formula is C11H22N2O2. The minimum atomic E-state index is -0.0774. The van der Waals surface area contributed by atoms with E-state index in [1.165, 1.54) is 0 Å². The van der Waals surface area contributed by atoms with E-state index in [9.17, 15) is 5.11 Å². The Bertz CT molecular complexity index is 193. The second-order valence-electron chi connectivity index (χ2n) is 4.81. The molecule has 0 aromatic heterocycles. The van der Waals surface area contributed by atoms with E-state index in [-0.39, 0.29) is 12.1 Å². The molecule has 1 aliphatic heterocycles. The number of hydrogen-bond donors (Lipinski definition) is 3. The van der Waals surface area contributed by atoms with Crippen LogP contribution in [0.3, 0.4) is 0 Å². The van der Waals surface area contributed by atoms with Crippen molar-refractivity contribution in [3.63, 3.8) is 0 Å². The Morgan fingerprint density at radius 3 is 2.53 bits per heavy atom. The van der Waals surface area contributed by atoms with Crippen molar-refractivity contribution in [3.05, 3.63) is 0 Å². The van der Waals surface area contributed by atoms with E-state index >= 15 is 0 Å². The Hall–Kier alpha value is -0.160. The van der Waals surface area contributed by atoms with E-state index in [0.29, 0.717) is 18.7 Å². The molecule has 2 atom stereocenters. The van der Waals surface area contributed by atoms with E-state index < -0.39 is 0 Å². The van der Waals surface area contributed by atoms with Crippen LogP contribution in [-0.2, 0) is 4.74 Å². The molecule has 15 heavy (non-hydrogen) atoms. The van der Waals surface area contributed by atoms with Gasteiger partial charge in [-0.2, -0.15) is 0 Å². The predicted molar refractivity (Wildman–Crippen MR) is 58.6 cm³/mol. The third-order valence-electron chi connectivity index (χ3n) is 3.55. The molecule has 0 spiro atoms. The molecule has 0 bridgehead atoms. The highest BCUT2D eigenvalue weighted by atomic mass is 16.5. The summed E-state index contributed by atoms with van der Waals surface area (Å²) in [7, 11) is 0. The van der Waals surface area contributed by atoms with Crippen LogP contribution in [0, 0.1) is 0 Å². The first kappa shape index (κ1) is 11.3. The smallest absolute Gasteiger partial charge is 0.0632 e. The van der Waals surface area contributed by atoms with Crippen LogP contribution >= 0.6 is 0 Å². The number of hydrogen-bond acceptors (Lipinski definition) is 4. The summed E-state index contributed by atoms with van der Waals surface area (Å²) in [6.45, 7) is 1.49. The van der Waals surface area contributed by atoms with Gasteiger partial charge < -0.3 is 20.9 Å². The zero-order valence-electron chi connectivity index (χ0n) is 9.19. The van der Waals surface area contributed by atoms with E-state index in [2.05, 4.69) is 5.32 Å². The molecule has 0 aromatic rings. The fourth-order valence-electron chi connectivity index (χ4n) is 2.51. The maximum Gasteiger partial charge on any atom is 0.0632 e. The highest BCUT2D eigenvalue weighted by Crippen LogP contribution is 2.20. The van der Waals surface area contributed by atoms with E-state index in [1.807, 2.05) is 0 Å². The van der Waals surface area contributed by atoms with Crippen molar-refractivity contribution in [2.45, 2.75) is 56.3 Å². The first-order chi connectivity index (χ1) is 7.25. The molecule has 4 N–H and O–H groups in total. The van der Waals surface area contributed by atoms with Crippen LogP contribution in [0.5, 0.6) is 0 Å². The Labute approximate surface area is 91.2 Å². The van der Waals surface area contributed by atoms with Crippen LogP contribution in [0.1, 0.15) is 32.1 Å². The summed E-state index contributed by atoms with van der Waals surface area (Å²) in [5.74, 6) is 0. The van der Waals surface area contributed by atoms with Gasteiger partial charge in [0.05, 0.1) is 12.7 Å². The molecule has 1 saturated heterocycles. The van der Waals surface area contributed by atoms with Gasteiger partial charge in [-0.05, 0) is 32.1 Å². The Morgan fingerprint density at radius 2 is 1.87 bits per heavy atom. The summed E-state index contributed by atoms with van der Waals surface area (Å²) >= 11 is 0. The van der Waals surface area contributed by atoms with Crippen LogP contribution in [-0.4, -0.2) is 42.5 Å². The molecular weight excluding hydrogens is 192 g/mol. The number of ether oxygens (including phenoxy) is 1. The van der Waals surface area contributed by atoms with Gasteiger partial charge >= 0.3 is 0 Å². The molecule has 0 aromatic carbocycles. The van der Waals surface area contributed by atoms with Crippen LogP contribution in [0.4, 0.5) is 0 Å². The Morgan fingerprint density at radius 1 is 1.13 bits per heavy atom. The van der Waals surface area contributed by atoms with E-state index in [0.717, 1.165) is 38.7 Å². The third-order valence-corrected chi connectivity index (χ3v) is 3.55. The second-order valence-corrected chi connectivity index (χ2v) is 4.81. The lowest BCUT2D eigenvalue weighted by Crippen LogP contribution is -2.54. The topological polar surface area (TPSA) is 67.5 Å². The summed E-state index contributed by atoms with van der Waals surface area (Å²) in [5.41, 5.74) is 5.99. The summed E-state index contributed by atoms with van der Waals surface area (Å²) in [5, 5.41) is 13.0. The van der Waals surface area contributed by atoms with E-state index in [1.54, 1.807) is 0 Å². The number of aliphatic hydroxyl groups excluding tert-OH is 1. The summed E-state index contributed by atoms with van der Waals surface area (Å²) in [6.07, 6.45) is 4.94. The third kappa shape index (κ3) is 3.14. The number of aliphatic hydroxyl groups is 1. The molecule has 2 fully saturated rings. The van der Waals surface area contributed by atoms with Gasteiger partial charge in [-0.15, -0.1) is 0 Å². The van der Waals surface area contributed by atoms with Crippen molar-refractivity contribution < 1.29 is 9.84 Å². The van der Waals surface area contributed by atoms with Gasteiger partial charge in [0.15, 0.2) is 0 Å². The standard InChI is InChI=1S/C11H22N2O2/c12-10-7-15-6-5-11(10)13-8-1-3-9(14)4-2-8/h8-11,13-14H,1-7,12H2/t8?,9?,10-,11-/m1/s1. The molecule has 0 amide bonds. The van der Waals surface area contributed by atoms with Crippen molar-refractivity contribution >= 4 is 0 Å². The van der Waals surface area contributed by atoms with Crippen LogP contribution < -0.4 is 11.1 Å². The Balaban J connectivity index is 1.75. The molecule has 1 heterocycles. The minimum Gasteiger partial charge on any atom is -0.393 e. The monoisotopic (exact) mass is 214 g/mol. The largest absolute Gasteiger partial charge is 0.393 e. The first-order valence-corrected chi connectivity index (χ1v) is 6.03. The van der Waals surface area contributed by atoms with Gasteiger partial charge in [0.25, 0.3) is 0 Å². The molecule has 2 aliphatic rings. The maximum absolute atomic E-state index is 9.41. The highest BCUT2D eigenvalue weighted by molar-refractivity contribution is 4.87. The first-order valence-electron chi connectivity index (χ1n) is 6.03. The lowest BCUT2D eigenvalue weighted by atomic mass is 9.91.